The molecule has 0 radical (unpaired) electrons. The molecule has 136 valence electrons. The first-order valence-electron chi connectivity index (χ1n) is 8.28. The predicted octanol–water partition coefficient (Wildman–Crippen LogP) is 3.17. The number of nitrogens with zero attached hydrogens (tertiary/aromatic N) is 5. The number of alkyl halides is 3. The summed E-state index contributed by atoms with van der Waals surface area (Å²) in [7, 11) is 0. The Morgan fingerprint density at radius 1 is 1.31 bits per heavy atom. The number of ether oxygens (including phenoxy) is 1. The molecule has 0 N–H and O–H groups in total. The van der Waals surface area contributed by atoms with Gasteiger partial charge in [0.1, 0.15) is 23.7 Å². The lowest BCUT2D eigenvalue weighted by molar-refractivity contribution is -0.184. The summed E-state index contributed by atoms with van der Waals surface area (Å²) in [4.78, 5) is 11.6. The minimum atomic E-state index is -4.46. The molecule has 3 aliphatic carbocycles. The summed E-state index contributed by atoms with van der Waals surface area (Å²) >= 11 is 0. The normalized spacial score (nSPS) is 38.9. The monoisotopic (exact) mass is 365 g/mol. The van der Waals surface area contributed by atoms with Gasteiger partial charge in [0, 0.05) is 13.3 Å². The number of halogens is 3. The lowest BCUT2D eigenvalue weighted by atomic mass is 9.49. The highest BCUT2D eigenvalue weighted by atomic mass is 19.4. The molecule has 7 nitrogen and oxygen atoms in total. The second-order valence-electron chi connectivity index (χ2n) is 7.10. The van der Waals surface area contributed by atoms with E-state index in [1.54, 1.807) is 6.07 Å². The van der Waals surface area contributed by atoms with Crippen LogP contribution in [-0.2, 0) is 15.7 Å². The van der Waals surface area contributed by atoms with Gasteiger partial charge in [-0.05, 0) is 18.2 Å². The van der Waals surface area contributed by atoms with E-state index in [-0.39, 0.29) is 29.7 Å². The summed E-state index contributed by atoms with van der Waals surface area (Å²) in [6.45, 7) is 1.32. The van der Waals surface area contributed by atoms with Gasteiger partial charge < -0.3 is 4.74 Å². The first-order valence-corrected chi connectivity index (χ1v) is 8.28. The molecular weight excluding hydrogens is 351 g/mol. The molecule has 26 heavy (non-hydrogen) atoms. The third-order valence-corrected chi connectivity index (χ3v) is 5.76. The van der Waals surface area contributed by atoms with Gasteiger partial charge >= 0.3 is 12.1 Å². The summed E-state index contributed by atoms with van der Waals surface area (Å²) < 4.78 is 44.8. The second kappa shape index (κ2) is 4.80. The van der Waals surface area contributed by atoms with E-state index in [1.807, 2.05) is 0 Å². The third-order valence-electron chi connectivity index (χ3n) is 5.76. The summed E-state index contributed by atoms with van der Waals surface area (Å²) in [5.41, 5.74) is -1.28. The number of azo groups is 1. The Hall–Kier alpha value is -2.52. The molecule has 1 aromatic rings. The molecule has 5 aliphatic rings. The van der Waals surface area contributed by atoms with Crippen LogP contribution in [0.4, 0.5) is 18.9 Å². The highest BCUT2D eigenvalue weighted by Gasteiger charge is 2.78. The van der Waals surface area contributed by atoms with Crippen LogP contribution in [0.2, 0.25) is 0 Å². The summed E-state index contributed by atoms with van der Waals surface area (Å²) in [5, 5.41) is 18.2. The van der Waals surface area contributed by atoms with Crippen LogP contribution in [0.3, 0.4) is 0 Å². The van der Waals surface area contributed by atoms with Crippen molar-refractivity contribution in [1.82, 2.24) is 0 Å². The van der Waals surface area contributed by atoms with Gasteiger partial charge in [0.2, 0.25) is 0 Å². The highest BCUT2D eigenvalue weighted by molar-refractivity contribution is 5.67. The molecule has 2 bridgehead atoms. The van der Waals surface area contributed by atoms with Crippen LogP contribution in [0.25, 0.3) is 0 Å². The fourth-order valence-electron chi connectivity index (χ4n) is 4.72. The van der Waals surface area contributed by atoms with Gasteiger partial charge in [-0.25, -0.2) is 5.01 Å². The lowest BCUT2D eigenvalue weighted by Crippen LogP contribution is -2.82. The molecule has 0 saturated heterocycles. The van der Waals surface area contributed by atoms with Gasteiger partial charge in [-0.2, -0.15) is 28.5 Å². The Morgan fingerprint density at radius 2 is 2.12 bits per heavy atom. The van der Waals surface area contributed by atoms with Crippen LogP contribution in [0.5, 0.6) is 0 Å². The number of carbonyl (C=O) groups is 1. The van der Waals surface area contributed by atoms with Gasteiger partial charge in [0.15, 0.2) is 0 Å². The first-order chi connectivity index (χ1) is 12.3. The predicted molar refractivity (Wildman–Crippen MR) is 81.4 cm³/mol. The average Bonchev–Trinajstić information content (AvgIpc) is 2.88. The molecule has 6 atom stereocenters. The maximum Gasteiger partial charge on any atom is 0.416 e. The number of benzene rings is 1. The zero-order valence-electron chi connectivity index (χ0n) is 13.6. The van der Waals surface area contributed by atoms with Crippen molar-refractivity contribution < 1.29 is 22.7 Å². The highest BCUT2D eigenvalue weighted by Crippen LogP contribution is 2.62. The first kappa shape index (κ1) is 15.7. The van der Waals surface area contributed by atoms with Gasteiger partial charge in [-0.3, -0.25) is 4.79 Å². The van der Waals surface area contributed by atoms with Gasteiger partial charge in [-0.15, -0.1) is 0 Å². The molecule has 2 aliphatic heterocycles. The molecule has 2 heterocycles. The number of rotatable bonds is 2. The zero-order chi connectivity index (χ0) is 18.3. The van der Waals surface area contributed by atoms with Crippen molar-refractivity contribution in [2.45, 2.75) is 49.3 Å². The van der Waals surface area contributed by atoms with Crippen LogP contribution in [0.15, 0.2) is 44.8 Å². The number of anilines is 1. The van der Waals surface area contributed by atoms with Crippen molar-refractivity contribution in [2.75, 3.05) is 5.01 Å². The molecule has 1 spiro atoms. The average molecular weight is 365 g/mol. The molecular formula is C16H14F3N5O2. The maximum absolute atomic E-state index is 13.1. The fourth-order valence-corrected chi connectivity index (χ4v) is 4.72. The van der Waals surface area contributed by atoms with Crippen LogP contribution in [0.1, 0.15) is 18.9 Å². The maximum atomic E-state index is 13.1. The molecule has 3 fully saturated rings. The third kappa shape index (κ3) is 1.81. The second-order valence-corrected chi connectivity index (χ2v) is 7.10. The standard InChI is InChI=1S/C16H14F3N5O2/c1-7(25)26-14-11-12-10(20-21-12)6-15(14)13(11)22-23-24(15)9-4-2-3-8(5-9)16(17,18)19/h2-5,10-14H,6H2,1H3. The molecule has 6 unspecified atom stereocenters. The van der Waals surface area contributed by atoms with E-state index in [1.165, 1.54) is 18.0 Å². The lowest BCUT2D eigenvalue weighted by Gasteiger charge is -2.64. The summed E-state index contributed by atoms with van der Waals surface area (Å²) in [6.07, 6.45) is -4.49. The molecule has 0 amide bonds. The Balaban J connectivity index is 1.56. The van der Waals surface area contributed by atoms with E-state index in [0.717, 1.165) is 12.1 Å². The van der Waals surface area contributed by atoms with Gasteiger partial charge in [0.05, 0.1) is 23.2 Å². The molecule has 0 aromatic heterocycles. The van der Waals surface area contributed by atoms with E-state index < -0.39 is 29.4 Å². The van der Waals surface area contributed by atoms with Crippen molar-refractivity contribution in [2.24, 2.45) is 26.5 Å². The van der Waals surface area contributed by atoms with Crippen molar-refractivity contribution in [3.8, 4) is 0 Å². The number of esters is 1. The van der Waals surface area contributed by atoms with Crippen molar-refractivity contribution in [1.29, 1.82) is 0 Å². The van der Waals surface area contributed by atoms with E-state index in [2.05, 4.69) is 20.6 Å². The zero-order valence-corrected chi connectivity index (χ0v) is 13.6. The topological polar surface area (TPSA) is 79.0 Å². The number of carbonyl (C=O) groups excluding carboxylic acids is 1. The van der Waals surface area contributed by atoms with Crippen LogP contribution >= 0.6 is 0 Å². The summed E-state index contributed by atoms with van der Waals surface area (Å²) in [6, 6.07) is 4.59. The van der Waals surface area contributed by atoms with E-state index in [0.29, 0.717) is 6.42 Å². The Kier molecular flexibility index (Phi) is 2.90. The van der Waals surface area contributed by atoms with Crippen molar-refractivity contribution >= 4 is 11.7 Å². The van der Waals surface area contributed by atoms with Gasteiger partial charge in [-0.1, -0.05) is 11.3 Å². The van der Waals surface area contributed by atoms with Crippen molar-refractivity contribution in [3.63, 3.8) is 0 Å². The largest absolute Gasteiger partial charge is 0.459 e. The molecule has 1 aromatic carbocycles. The number of hydrogen-bond donors (Lipinski definition) is 0. The fraction of sp³-hybridized carbons (Fsp3) is 0.562. The van der Waals surface area contributed by atoms with Crippen LogP contribution in [0, 0.1) is 5.92 Å². The summed E-state index contributed by atoms with van der Waals surface area (Å²) in [5.74, 6) is -0.571. The Bertz CT molecular complexity index is 857. The van der Waals surface area contributed by atoms with Gasteiger partial charge in [0.25, 0.3) is 0 Å². The Labute approximate surface area is 145 Å². The molecule has 6 rings (SSSR count). The molecule has 10 heteroatoms. The van der Waals surface area contributed by atoms with E-state index in [9.17, 15) is 18.0 Å². The number of hydrogen-bond acceptors (Lipinski definition) is 7. The van der Waals surface area contributed by atoms with Crippen LogP contribution in [-0.4, -0.2) is 35.7 Å². The SMILES string of the molecule is CC(=O)OC1C2C3N=NC3CC13C2N=NN3c1cccc(C(F)(F)F)c1. The quantitative estimate of drug-likeness (QED) is 0.755. The smallest absolute Gasteiger partial charge is 0.416 e. The minimum Gasteiger partial charge on any atom is -0.459 e. The molecule has 3 saturated carbocycles. The van der Waals surface area contributed by atoms with E-state index in [4.69, 9.17) is 4.74 Å². The van der Waals surface area contributed by atoms with Crippen molar-refractivity contribution in [3.05, 3.63) is 29.8 Å². The minimum absolute atomic E-state index is 0.0279. The van der Waals surface area contributed by atoms with Crippen LogP contribution < -0.4 is 5.01 Å². The van der Waals surface area contributed by atoms with E-state index >= 15 is 0 Å². The Morgan fingerprint density at radius 3 is 2.77 bits per heavy atom.